The van der Waals surface area contributed by atoms with Crippen molar-refractivity contribution in [1.82, 2.24) is 0 Å². The molecule has 0 amide bonds. The summed E-state index contributed by atoms with van der Waals surface area (Å²) in [5, 5.41) is 28.3. The molecule has 0 spiro atoms. The van der Waals surface area contributed by atoms with Gasteiger partial charge >= 0.3 is 0 Å². The van der Waals surface area contributed by atoms with Crippen molar-refractivity contribution in [3.63, 3.8) is 0 Å². The van der Waals surface area contributed by atoms with E-state index >= 15 is 0 Å². The zero-order valence-corrected chi connectivity index (χ0v) is 19.9. The first-order valence-corrected chi connectivity index (χ1v) is 12.0. The second-order valence-corrected chi connectivity index (χ2v) is 7.79. The van der Waals surface area contributed by atoms with Gasteiger partial charge in [-0.05, 0) is 62.8 Å². The second-order valence-electron chi connectivity index (χ2n) is 7.79. The van der Waals surface area contributed by atoms with Crippen LogP contribution in [0.2, 0.25) is 0 Å². The average Bonchev–Trinajstić information content (AvgIpc) is 2.82. The van der Waals surface area contributed by atoms with Crippen molar-refractivity contribution in [2.45, 2.75) is 102 Å². The lowest BCUT2D eigenvalue weighted by molar-refractivity contribution is 0.229. The fraction of sp³-hybridized carbons (Fsp3) is 0.533. The largest absolute Gasteiger partial charge is 0.388 e. The van der Waals surface area contributed by atoms with Gasteiger partial charge < -0.3 is 15.3 Å². The zero-order valence-electron chi connectivity index (χ0n) is 19.9. The van der Waals surface area contributed by atoms with Gasteiger partial charge in [-0.15, -0.1) is 24.7 Å². The summed E-state index contributed by atoms with van der Waals surface area (Å²) >= 11 is 0. The van der Waals surface area contributed by atoms with E-state index in [1.165, 1.54) is 0 Å². The smallest absolute Gasteiger partial charge is 0.133 e. The molecule has 178 valence electrons. The average molecular weight is 449 g/mol. The van der Waals surface area contributed by atoms with Crippen LogP contribution in [0.5, 0.6) is 0 Å². The van der Waals surface area contributed by atoms with E-state index in [1.807, 2.05) is 12.2 Å². The lowest BCUT2D eigenvalue weighted by Gasteiger charge is -1.98. The Balaban J connectivity index is 3.62. The Morgan fingerprint density at radius 2 is 1.12 bits per heavy atom. The molecule has 0 aromatic rings. The highest BCUT2D eigenvalue weighted by Gasteiger charge is 1.94. The minimum Gasteiger partial charge on any atom is -0.388 e. The van der Waals surface area contributed by atoms with Gasteiger partial charge in [-0.25, -0.2) is 0 Å². The van der Waals surface area contributed by atoms with Crippen LogP contribution in [0, 0.1) is 48.4 Å². The number of rotatable bonds is 16. The van der Waals surface area contributed by atoms with E-state index in [9.17, 15) is 15.3 Å². The van der Waals surface area contributed by atoms with E-state index in [2.05, 4.69) is 35.5 Å². The molecule has 0 saturated heterocycles. The van der Waals surface area contributed by atoms with Crippen molar-refractivity contribution in [2.24, 2.45) is 0 Å². The fourth-order valence-corrected chi connectivity index (χ4v) is 2.84. The quantitative estimate of drug-likeness (QED) is 0.175. The van der Waals surface area contributed by atoms with Gasteiger partial charge in [-0.3, -0.25) is 0 Å². The number of aliphatic hydroxyl groups is 3. The summed E-state index contributed by atoms with van der Waals surface area (Å²) in [6.45, 7) is 0. The van der Waals surface area contributed by atoms with E-state index in [0.29, 0.717) is 6.42 Å². The molecule has 0 aliphatic heterocycles. The van der Waals surface area contributed by atoms with Gasteiger partial charge in [-0.1, -0.05) is 61.5 Å². The topological polar surface area (TPSA) is 60.7 Å². The van der Waals surface area contributed by atoms with Crippen molar-refractivity contribution >= 4 is 0 Å². The van der Waals surface area contributed by atoms with Crippen LogP contribution in [-0.4, -0.2) is 33.6 Å². The molecular formula is C30H40O3. The van der Waals surface area contributed by atoms with Crippen LogP contribution >= 0.6 is 0 Å². The fourth-order valence-electron chi connectivity index (χ4n) is 2.84. The third-order valence-electron chi connectivity index (χ3n) is 4.76. The van der Waals surface area contributed by atoms with Crippen molar-refractivity contribution in [1.29, 1.82) is 0 Å². The Morgan fingerprint density at radius 1 is 0.606 bits per heavy atom. The third kappa shape index (κ3) is 23.8. The van der Waals surface area contributed by atoms with Crippen LogP contribution in [0.15, 0.2) is 36.5 Å². The molecule has 0 radical (unpaired) electrons. The first-order chi connectivity index (χ1) is 16.1. The van der Waals surface area contributed by atoms with E-state index in [0.717, 1.165) is 77.0 Å². The molecule has 0 aliphatic rings. The zero-order chi connectivity index (χ0) is 24.4. The number of allylic oxidation sites excluding steroid dienone is 3. The van der Waals surface area contributed by atoms with Gasteiger partial charge in [-0.2, -0.15) is 0 Å². The summed E-state index contributed by atoms with van der Waals surface area (Å²) < 4.78 is 0. The molecule has 0 saturated carbocycles. The predicted molar refractivity (Wildman–Crippen MR) is 139 cm³/mol. The van der Waals surface area contributed by atoms with Gasteiger partial charge in [0.15, 0.2) is 0 Å². The van der Waals surface area contributed by atoms with Crippen LogP contribution in [0.1, 0.15) is 83.5 Å². The maximum Gasteiger partial charge on any atom is 0.133 e. The summed E-state index contributed by atoms with van der Waals surface area (Å²) in [5.74, 6) is 16.7. The molecule has 0 aromatic heterocycles. The summed E-state index contributed by atoms with van der Waals surface area (Å²) in [6, 6.07) is 0. The van der Waals surface area contributed by atoms with Gasteiger partial charge in [0.1, 0.15) is 12.2 Å². The minimum absolute atomic E-state index is 0.438. The van der Waals surface area contributed by atoms with E-state index < -0.39 is 18.3 Å². The van der Waals surface area contributed by atoms with Crippen molar-refractivity contribution < 1.29 is 15.3 Å². The lowest BCUT2D eigenvalue weighted by Crippen LogP contribution is -1.99. The number of hydrogen-bond donors (Lipinski definition) is 3. The Hall–Kier alpha value is -2.66. The monoisotopic (exact) mass is 448 g/mol. The van der Waals surface area contributed by atoms with Crippen molar-refractivity contribution in [3.8, 4) is 48.4 Å². The highest BCUT2D eigenvalue weighted by atomic mass is 16.3. The normalized spacial score (nSPS) is 13.6. The van der Waals surface area contributed by atoms with Crippen molar-refractivity contribution in [2.75, 3.05) is 0 Å². The summed E-state index contributed by atoms with van der Waals surface area (Å²) in [4.78, 5) is 0. The van der Waals surface area contributed by atoms with Gasteiger partial charge in [0.05, 0.1) is 6.10 Å². The molecule has 3 atom stereocenters. The van der Waals surface area contributed by atoms with E-state index in [4.69, 9.17) is 12.8 Å². The van der Waals surface area contributed by atoms with E-state index in [1.54, 1.807) is 24.3 Å². The van der Waals surface area contributed by atoms with Crippen LogP contribution < -0.4 is 0 Å². The molecule has 0 aromatic carbocycles. The molecule has 0 unspecified atom stereocenters. The van der Waals surface area contributed by atoms with Crippen LogP contribution in [0.4, 0.5) is 0 Å². The number of terminal acetylenes is 2. The van der Waals surface area contributed by atoms with Crippen molar-refractivity contribution in [3.05, 3.63) is 36.5 Å². The molecule has 3 N–H and O–H groups in total. The van der Waals surface area contributed by atoms with E-state index in [-0.39, 0.29) is 0 Å². The SMILES string of the molecule is C#C[C@@H](O)C=CCCCCCCC#CC=C[C@@H](O)CC#CCCCCCCC=C[C@H](O)C#C. The van der Waals surface area contributed by atoms with Gasteiger partial charge in [0, 0.05) is 19.3 Å². The standard InChI is InChI=1S/C30H40O3/c1-3-28(31)24-20-16-12-8-5-6-9-14-18-22-26-30(33)27-23-19-15-11-7-10-13-17-21-25-29(32)4-2/h1-2,20-22,24-26,28-33H,5-13,15-17,27H2/t28-,29-,30-/m1/s1. The summed E-state index contributed by atoms with van der Waals surface area (Å²) in [7, 11) is 0. The highest BCUT2D eigenvalue weighted by molar-refractivity contribution is 5.17. The highest BCUT2D eigenvalue weighted by Crippen LogP contribution is 2.07. The molecule has 33 heavy (non-hydrogen) atoms. The molecule has 3 heteroatoms. The number of unbranched alkanes of at least 4 members (excludes halogenated alkanes) is 10. The first kappa shape index (κ1) is 30.3. The van der Waals surface area contributed by atoms with Gasteiger partial charge in [0.25, 0.3) is 0 Å². The number of hydrogen-bond acceptors (Lipinski definition) is 3. The maximum absolute atomic E-state index is 9.90. The molecular weight excluding hydrogens is 408 g/mol. The summed E-state index contributed by atoms with van der Waals surface area (Å²) in [6.07, 6.45) is 31.5. The maximum atomic E-state index is 9.90. The Labute approximate surface area is 202 Å². The number of aliphatic hydroxyl groups excluding tert-OH is 3. The molecule has 3 nitrogen and oxygen atoms in total. The van der Waals surface area contributed by atoms with Crippen LogP contribution in [-0.2, 0) is 0 Å². The second kappa shape index (κ2) is 24.0. The Kier molecular flexibility index (Phi) is 22.1. The van der Waals surface area contributed by atoms with Crippen LogP contribution in [0.25, 0.3) is 0 Å². The Morgan fingerprint density at radius 3 is 1.67 bits per heavy atom. The molecule has 0 heterocycles. The lowest BCUT2D eigenvalue weighted by atomic mass is 10.1. The summed E-state index contributed by atoms with van der Waals surface area (Å²) in [5.41, 5.74) is 0. The molecule has 0 aliphatic carbocycles. The van der Waals surface area contributed by atoms with Gasteiger partial charge in [0.2, 0.25) is 0 Å². The minimum atomic E-state index is -0.769. The molecule has 0 rings (SSSR count). The molecule has 0 fully saturated rings. The van der Waals surface area contributed by atoms with Crippen LogP contribution in [0.3, 0.4) is 0 Å². The Bertz CT molecular complexity index is 768. The predicted octanol–water partition coefficient (Wildman–Crippen LogP) is 5.08. The molecule has 0 bridgehead atoms. The third-order valence-corrected chi connectivity index (χ3v) is 4.76. The first-order valence-electron chi connectivity index (χ1n) is 12.0.